The van der Waals surface area contributed by atoms with Crippen LogP contribution < -0.4 is 0 Å². The zero-order valence-electron chi connectivity index (χ0n) is 12.1. The van der Waals surface area contributed by atoms with Crippen molar-refractivity contribution in [3.63, 3.8) is 0 Å². The van der Waals surface area contributed by atoms with Crippen molar-refractivity contribution in [2.24, 2.45) is 11.8 Å². The lowest BCUT2D eigenvalue weighted by atomic mass is 9.88. The minimum absolute atomic E-state index is 0.121. The molecule has 0 radical (unpaired) electrons. The molecule has 2 unspecified atom stereocenters. The van der Waals surface area contributed by atoms with Crippen molar-refractivity contribution in [1.29, 1.82) is 0 Å². The molecule has 0 aromatic carbocycles. The number of carbonyl (C=O) groups excluding carboxylic acids is 1. The second-order valence-electron chi connectivity index (χ2n) is 4.89. The maximum absolute atomic E-state index is 12.7. The van der Waals surface area contributed by atoms with Gasteiger partial charge in [0.2, 0.25) is 0 Å². The number of carbonyl (C=O) groups is 1. The molecule has 2 atom stereocenters. The smallest absolute Gasteiger partial charge is 0.392 e. The Bertz CT molecular complexity index is 252. The van der Waals surface area contributed by atoms with E-state index in [1.54, 1.807) is 6.92 Å². The highest BCUT2D eigenvalue weighted by Gasteiger charge is 2.44. The van der Waals surface area contributed by atoms with Crippen molar-refractivity contribution in [2.75, 3.05) is 6.61 Å². The van der Waals surface area contributed by atoms with E-state index in [0.717, 1.165) is 32.6 Å². The predicted octanol–water partition coefficient (Wildman–Crippen LogP) is 4.72. The molecule has 0 aromatic heterocycles. The van der Waals surface area contributed by atoms with Crippen molar-refractivity contribution in [3.05, 3.63) is 0 Å². The van der Waals surface area contributed by atoms with Gasteiger partial charge in [-0.05, 0) is 13.3 Å². The Labute approximate surface area is 113 Å². The van der Waals surface area contributed by atoms with Crippen molar-refractivity contribution in [3.8, 4) is 0 Å². The van der Waals surface area contributed by atoms with Crippen LogP contribution in [0.1, 0.15) is 59.3 Å². The van der Waals surface area contributed by atoms with Crippen LogP contribution in [-0.2, 0) is 9.53 Å². The number of alkyl halides is 3. The molecule has 0 heterocycles. The van der Waals surface area contributed by atoms with Crippen LogP contribution in [-0.4, -0.2) is 18.8 Å². The van der Waals surface area contributed by atoms with E-state index in [0.29, 0.717) is 6.42 Å². The zero-order valence-corrected chi connectivity index (χ0v) is 12.1. The van der Waals surface area contributed by atoms with Gasteiger partial charge in [0.1, 0.15) is 0 Å². The SMILES string of the molecule is CCCCCCCC(C(=O)OCC)C(C)C(F)(F)F. The zero-order chi connectivity index (χ0) is 14.9. The molecule has 5 heteroatoms. The molecule has 0 fully saturated rings. The molecule has 0 spiro atoms. The summed E-state index contributed by atoms with van der Waals surface area (Å²) in [5, 5.41) is 0. The molecular weight excluding hydrogens is 257 g/mol. The van der Waals surface area contributed by atoms with Gasteiger partial charge in [-0.25, -0.2) is 0 Å². The van der Waals surface area contributed by atoms with E-state index >= 15 is 0 Å². The monoisotopic (exact) mass is 282 g/mol. The number of rotatable bonds is 9. The molecule has 0 bridgehead atoms. The largest absolute Gasteiger partial charge is 0.466 e. The van der Waals surface area contributed by atoms with Gasteiger partial charge >= 0.3 is 12.1 Å². The number of halogens is 3. The standard InChI is InChI=1S/C14H25F3O2/c1-4-6-7-8-9-10-12(13(18)19-5-2)11(3)14(15,16)17/h11-12H,4-10H2,1-3H3. The summed E-state index contributed by atoms with van der Waals surface area (Å²) in [6.45, 7) is 4.87. The van der Waals surface area contributed by atoms with Crippen LogP contribution in [0.25, 0.3) is 0 Å². The van der Waals surface area contributed by atoms with Gasteiger partial charge in [0.15, 0.2) is 0 Å². The minimum atomic E-state index is -4.35. The van der Waals surface area contributed by atoms with Crippen molar-refractivity contribution in [2.45, 2.75) is 65.5 Å². The fourth-order valence-electron chi connectivity index (χ4n) is 2.02. The summed E-state index contributed by atoms with van der Waals surface area (Å²) < 4.78 is 42.9. The summed E-state index contributed by atoms with van der Waals surface area (Å²) in [5.74, 6) is -3.43. The topological polar surface area (TPSA) is 26.3 Å². The fraction of sp³-hybridized carbons (Fsp3) is 0.929. The van der Waals surface area contributed by atoms with Crippen LogP contribution in [0.4, 0.5) is 13.2 Å². The first-order valence-electron chi connectivity index (χ1n) is 7.07. The van der Waals surface area contributed by atoms with E-state index in [-0.39, 0.29) is 13.0 Å². The third-order valence-corrected chi connectivity index (χ3v) is 3.33. The number of hydrogen-bond donors (Lipinski definition) is 0. The third kappa shape index (κ3) is 7.43. The summed E-state index contributed by atoms with van der Waals surface area (Å²) in [7, 11) is 0. The first-order valence-corrected chi connectivity index (χ1v) is 7.07. The van der Waals surface area contributed by atoms with Crippen molar-refractivity contribution < 1.29 is 22.7 Å². The fourth-order valence-corrected chi connectivity index (χ4v) is 2.02. The van der Waals surface area contributed by atoms with Crippen LogP contribution in [0, 0.1) is 11.8 Å². The lowest BCUT2D eigenvalue weighted by Crippen LogP contribution is -2.34. The maximum Gasteiger partial charge on any atom is 0.392 e. The summed E-state index contributed by atoms with van der Waals surface area (Å²) in [5.41, 5.74) is 0. The lowest BCUT2D eigenvalue weighted by Gasteiger charge is -2.24. The van der Waals surface area contributed by atoms with Gasteiger partial charge in [0.05, 0.1) is 18.4 Å². The highest BCUT2D eigenvalue weighted by atomic mass is 19.4. The Morgan fingerprint density at radius 2 is 1.68 bits per heavy atom. The van der Waals surface area contributed by atoms with E-state index in [4.69, 9.17) is 4.74 Å². The number of esters is 1. The molecule has 0 saturated heterocycles. The Morgan fingerprint density at radius 3 is 2.16 bits per heavy atom. The molecule has 0 saturated carbocycles. The Hall–Kier alpha value is -0.740. The average Bonchev–Trinajstić information content (AvgIpc) is 2.32. The van der Waals surface area contributed by atoms with Crippen LogP contribution in [0.15, 0.2) is 0 Å². The van der Waals surface area contributed by atoms with Gasteiger partial charge in [0.25, 0.3) is 0 Å². The molecule has 2 nitrogen and oxygen atoms in total. The molecule has 0 rings (SSSR count). The predicted molar refractivity (Wildman–Crippen MR) is 68.7 cm³/mol. The van der Waals surface area contributed by atoms with Crippen molar-refractivity contribution >= 4 is 5.97 Å². The summed E-state index contributed by atoms with van der Waals surface area (Å²) >= 11 is 0. The summed E-state index contributed by atoms with van der Waals surface area (Å²) in [4.78, 5) is 11.6. The minimum Gasteiger partial charge on any atom is -0.466 e. The highest BCUT2D eigenvalue weighted by Crippen LogP contribution is 2.35. The molecule has 0 aliphatic heterocycles. The summed E-state index contributed by atoms with van der Waals surface area (Å²) in [6, 6.07) is 0. The molecule has 0 aliphatic carbocycles. The van der Waals surface area contributed by atoms with E-state index in [9.17, 15) is 18.0 Å². The van der Waals surface area contributed by atoms with Crippen LogP contribution in [0.3, 0.4) is 0 Å². The third-order valence-electron chi connectivity index (χ3n) is 3.33. The highest BCUT2D eigenvalue weighted by molar-refractivity contribution is 5.72. The molecule has 114 valence electrons. The molecular formula is C14H25F3O2. The van der Waals surface area contributed by atoms with Crippen LogP contribution in [0.2, 0.25) is 0 Å². The van der Waals surface area contributed by atoms with Gasteiger partial charge in [-0.2, -0.15) is 13.2 Å². The van der Waals surface area contributed by atoms with E-state index in [2.05, 4.69) is 6.92 Å². The van der Waals surface area contributed by atoms with Crippen LogP contribution in [0.5, 0.6) is 0 Å². The Morgan fingerprint density at radius 1 is 1.11 bits per heavy atom. The van der Waals surface area contributed by atoms with Crippen LogP contribution >= 0.6 is 0 Å². The first kappa shape index (κ1) is 18.3. The second-order valence-corrected chi connectivity index (χ2v) is 4.89. The average molecular weight is 282 g/mol. The second kappa shape index (κ2) is 9.21. The summed E-state index contributed by atoms with van der Waals surface area (Å²) in [6.07, 6.45) is 0.591. The lowest BCUT2D eigenvalue weighted by molar-refractivity contribution is -0.194. The van der Waals surface area contributed by atoms with E-state index < -0.39 is 24.0 Å². The molecule has 0 aliphatic rings. The van der Waals surface area contributed by atoms with Gasteiger partial charge in [-0.15, -0.1) is 0 Å². The van der Waals surface area contributed by atoms with E-state index in [1.165, 1.54) is 0 Å². The van der Waals surface area contributed by atoms with Crippen molar-refractivity contribution in [1.82, 2.24) is 0 Å². The van der Waals surface area contributed by atoms with Gasteiger partial charge in [-0.3, -0.25) is 4.79 Å². The molecule has 0 amide bonds. The molecule has 0 aromatic rings. The van der Waals surface area contributed by atoms with E-state index in [1.807, 2.05) is 0 Å². The normalized spacial score (nSPS) is 15.1. The van der Waals surface area contributed by atoms with Gasteiger partial charge in [0, 0.05) is 0 Å². The maximum atomic E-state index is 12.7. The molecule has 19 heavy (non-hydrogen) atoms. The number of unbranched alkanes of at least 4 members (excludes halogenated alkanes) is 4. The quantitative estimate of drug-likeness (QED) is 0.451. The first-order chi connectivity index (χ1) is 8.84. The number of hydrogen-bond acceptors (Lipinski definition) is 2. The Balaban J connectivity index is 4.39. The Kier molecular flexibility index (Phi) is 8.85. The van der Waals surface area contributed by atoms with Gasteiger partial charge < -0.3 is 4.74 Å². The van der Waals surface area contributed by atoms with Gasteiger partial charge in [-0.1, -0.05) is 46.0 Å². The molecule has 0 N–H and O–H groups in total. The number of ether oxygens (including phenoxy) is 1.